The Bertz CT molecular complexity index is 1260. The van der Waals surface area contributed by atoms with Crippen molar-refractivity contribution in [3.8, 4) is 17.0 Å². The van der Waals surface area contributed by atoms with Crippen LogP contribution >= 0.6 is 0 Å². The molecular formula is C27H29N5O. The monoisotopic (exact) mass is 439 g/mol. The number of benzene rings is 2. The van der Waals surface area contributed by atoms with E-state index in [2.05, 4.69) is 52.3 Å². The zero-order valence-corrected chi connectivity index (χ0v) is 19.2. The van der Waals surface area contributed by atoms with E-state index in [0.717, 1.165) is 66.9 Å². The molecule has 1 saturated heterocycles. The molecule has 0 saturated carbocycles. The molecular weight excluding hydrogens is 410 g/mol. The maximum atomic E-state index is 5.55. The SMILES string of the molecule is COc1ccccc1-c1cc2nc(C)cc(N3CCN(CC=Cc4ccccc4)CC3)n2n1. The standard InChI is InChI=1S/C27H29N5O/c1-21-19-27(31-17-15-30(16-18-31)14-8-11-22-9-4-3-5-10-22)32-26(28-21)20-24(29-32)23-12-6-7-13-25(23)33-2/h3-13,19-20H,14-18H2,1-2H3. The van der Waals surface area contributed by atoms with Gasteiger partial charge in [-0.2, -0.15) is 9.61 Å². The van der Waals surface area contributed by atoms with Gasteiger partial charge in [-0.25, -0.2) is 4.98 Å². The first-order valence-electron chi connectivity index (χ1n) is 11.4. The van der Waals surface area contributed by atoms with Crippen molar-refractivity contribution in [1.82, 2.24) is 19.5 Å². The summed E-state index contributed by atoms with van der Waals surface area (Å²) in [4.78, 5) is 9.64. The number of nitrogens with zero attached hydrogens (tertiary/aromatic N) is 5. The van der Waals surface area contributed by atoms with E-state index in [9.17, 15) is 0 Å². The normalized spacial score (nSPS) is 14.9. The highest BCUT2D eigenvalue weighted by molar-refractivity contribution is 5.71. The second kappa shape index (κ2) is 9.46. The van der Waals surface area contributed by atoms with Crippen molar-refractivity contribution in [2.75, 3.05) is 44.7 Å². The van der Waals surface area contributed by atoms with Crippen LogP contribution in [0.4, 0.5) is 5.82 Å². The van der Waals surface area contributed by atoms with Crippen LogP contribution in [0.1, 0.15) is 11.3 Å². The van der Waals surface area contributed by atoms with Crippen LogP contribution in [0.3, 0.4) is 0 Å². The van der Waals surface area contributed by atoms with Gasteiger partial charge in [0.05, 0.1) is 12.8 Å². The number of anilines is 1. The van der Waals surface area contributed by atoms with Crippen LogP contribution < -0.4 is 9.64 Å². The first-order chi connectivity index (χ1) is 16.2. The minimum Gasteiger partial charge on any atom is -0.496 e. The molecule has 6 heteroatoms. The second-order valence-corrected chi connectivity index (χ2v) is 8.36. The average Bonchev–Trinajstić information content (AvgIpc) is 3.28. The first-order valence-corrected chi connectivity index (χ1v) is 11.4. The van der Waals surface area contributed by atoms with Crippen LogP contribution in [0.2, 0.25) is 0 Å². The lowest BCUT2D eigenvalue weighted by atomic mass is 10.1. The third kappa shape index (κ3) is 4.61. The number of rotatable bonds is 6. The molecule has 4 aromatic rings. The van der Waals surface area contributed by atoms with E-state index in [1.54, 1.807) is 7.11 Å². The summed E-state index contributed by atoms with van der Waals surface area (Å²) in [6.07, 6.45) is 4.46. The largest absolute Gasteiger partial charge is 0.496 e. The van der Waals surface area contributed by atoms with Gasteiger partial charge in [0.1, 0.15) is 11.6 Å². The molecule has 0 N–H and O–H groups in total. The minimum absolute atomic E-state index is 0.816. The molecule has 0 spiro atoms. The third-order valence-corrected chi connectivity index (χ3v) is 6.09. The van der Waals surface area contributed by atoms with Crippen LogP contribution in [0.15, 0.2) is 72.8 Å². The van der Waals surface area contributed by atoms with Gasteiger partial charge >= 0.3 is 0 Å². The van der Waals surface area contributed by atoms with E-state index in [1.807, 2.05) is 47.8 Å². The summed E-state index contributed by atoms with van der Waals surface area (Å²) in [5.41, 5.74) is 4.95. The Hall–Kier alpha value is -3.64. The number of hydrogen-bond acceptors (Lipinski definition) is 5. The lowest BCUT2D eigenvalue weighted by molar-refractivity contribution is 0.283. The predicted octanol–water partition coefficient (Wildman–Crippen LogP) is 4.55. The quantitative estimate of drug-likeness (QED) is 0.441. The van der Waals surface area contributed by atoms with E-state index in [-0.39, 0.29) is 0 Å². The Morgan fingerprint density at radius 3 is 2.48 bits per heavy atom. The molecule has 168 valence electrons. The molecule has 0 aliphatic carbocycles. The van der Waals surface area contributed by atoms with E-state index in [0.29, 0.717) is 0 Å². The van der Waals surface area contributed by atoms with Crippen molar-refractivity contribution in [2.45, 2.75) is 6.92 Å². The number of methoxy groups -OCH3 is 1. The summed E-state index contributed by atoms with van der Waals surface area (Å²) >= 11 is 0. The zero-order valence-electron chi connectivity index (χ0n) is 19.2. The molecule has 2 aromatic carbocycles. The fraction of sp³-hybridized carbons (Fsp3) is 0.259. The number of hydrogen-bond donors (Lipinski definition) is 0. The van der Waals surface area contributed by atoms with Gasteiger partial charge in [0.25, 0.3) is 0 Å². The molecule has 1 fully saturated rings. The summed E-state index contributed by atoms with van der Waals surface area (Å²) in [6, 6.07) is 22.6. The maximum absolute atomic E-state index is 5.55. The van der Waals surface area contributed by atoms with Gasteiger partial charge in [0.15, 0.2) is 5.65 Å². The number of aromatic nitrogens is 3. The van der Waals surface area contributed by atoms with Crippen LogP contribution in [-0.2, 0) is 0 Å². The maximum Gasteiger partial charge on any atom is 0.158 e. The second-order valence-electron chi connectivity index (χ2n) is 8.36. The lowest BCUT2D eigenvalue weighted by Gasteiger charge is -2.35. The van der Waals surface area contributed by atoms with Gasteiger partial charge in [-0.15, -0.1) is 0 Å². The Labute approximate surface area is 194 Å². The molecule has 0 bridgehead atoms. The van der Waals surface area contributed by atoms with Crippen molar-refractivity contribution in [2.24, 2.45) is 0 Å². The predicted molar refractivity (Wildman–Crippen MR) is 134 cm³/mol. The molecule has 0 unspecified atom stereocenters. The van der Waals surface area contributed by atoms with E-state index in [4.69, 9.17) is 14.8 Å². The molecule has 3 heterocycles. The van der Waals surface area contributed by atoms with Crippen molar-refractivity contribution in [3.63, 3.8) is 0 Å². The fourth-order valence-corrected chi connectivity index (χ4v) is 4.36. The van der Waals surface area contributed by atoms with E-state index >= 15 is 0 Å². The van der Waals surface area contributed by atoms with E-state index in [1.165, 1.54) is 5.56 Å². The number of aryl methyl sites for hydroxylation is 1. The highest BCUT2D eigenvalue weighted by atomic mass is 16.5. The van der Waals surface area contributed by atoms with E-state index < -0.39 is 0 Å². The topological polar surface area (TPSA) is 45.9 Å². The summed E-state index contributed by atoms with van der Waals surface area (Å²) in [5.74, 6) is 1.91. The van der Waals surface area contributed by atoms with Gasteiger partial charge < -0.3 is 9.64 Å². The number of fused-ring (bicyclic) bond motifs is 1. The van der Waals surface area contributed by atoms with Crippen molar-refractivity contribution in [3.05, 3.63) is 84.1 Å². The summed E-state index contributed by atoms with van der Waals surface area (Å²) in [5, 5.41) is 4.92. The van der Waals surface area contributed by atoms with Crippen LogP contribution in [-0.4, -0.2) is 59.3 Å². The van der Waals surface area contributed by atoms with Crippen LogP contribution in [0, 0.1) is 6.92 Å². The average molecular weight is 440 g/mol. The van der Waals surface area contributed by atoms with Gasteiger partial charge in [-0.1, -0.05) is 54.6 Å². The van der Waals surface area contributed by atoms with Gasteiger partial charge in [0.2, 0.25) is 0 Å². The van der Waals surface area contributed by atoms with Crippen molar-refractivity contribution >= 4 is 17.5 Å². The third-order valence-electron chi connectivity index (χ3n) is 6.09. The van der Waals surface area contributed by atoms with Gasteiger partial charge in [-0.05, 0) is 24.6 Å². The van der Waals surface area contributed by atoms with Crippen molar-refractivity contribution in [1.29, 1.82) is 0 Å². The minimum atomic E-state index is 0.816. The van der Waals surface area contributed by atoms with Crippen molar-refractivity contribution < 1.29 is 4.74 Å². The molecule has 2 aromatic heterocycles. The molecule has 0 radical (unpaired) electrons. The summed E-state index contributed by atoms with van der Waals surface area (Å²) in [7, 11) is 1.69. The Morgan fingerprint density at radius 2 is 1.70 bits per heavy atom. The highest BCUT2D eigenvalue weighted by Gasteiger charge is 2.20. The molecule has 1 aliphatic heterocycles. The first kappa shape index (κ1) is 21.2. The molecule has 33 heavy (non-hydrogen) atoms. The lowest BCUT2D eigenvalue weighted by Crippen LogP contribution is -2.47. The van der Waals surface area contributed by atoms with Crippen LogP contribution in [0.25, 0.3) is 23.0 Å². The van der Waals surface area contributed by atoms with Crippen LogP contribution in [0.5, 0.6) is 5.75 Å². The Kier molecular flexibility index (Phi) is 6.09. The molecule has 6 nitrogen and oxygen atoms in total. The molecule has 5 rings (SSSR count). The van der Waals surface area contributed by atoms with Gasteiger partial charge in [0, 0.05) is 56.1 Å². The summed E-state index contributed by atoms with van der Waals surface area (Å²) in [6.45, 7) is 6.96. The molecule has 0 amide bonds. The zero-order chi connectivity index (χ0) is 22.6. The summed E-state index contributed by atoms with van der Waals surface area (Å²) < 4.78 is 7.52. The number of ether oxygens (including phenoxy) is 1. The highest BCUT2D eigenvalue weighted by Crippen LogP contribution is 2.30. The molecule has 0 atom stereocenters. The van der Waals surface area contributed by atoms with Gasteiger partial charge in [-0.3, -0.25) is 4.90 Å². The smallest absolute Gasteiger partial charge is 0.158 e. The molecule has 1 aliphatic rings. The Morgan fingerprint density at radius 1 is 0.939 bits per heavy atom. The fourth-order valence-electron chi connectivity index (χ4n) is 4.36. The Balaban J connectivity index is 1.33. The number of piperazine rings is 1. The number of para-hydroxylation sites is 1.